The fourth-order valence-electron chi connectivity index (χ4n) is 3.03. The first kappa shape index (κ1) is 15.0. The number of hydrogen-bond acceptors (Lipinski definition) is 1. The van der Waals surface area contributed by atoms with Crippen molar-refractivity contribution in [1.82, 2.24) is 5.32 Å². The molecule has 1 aliphatic carbocycles. The largest absolute Gasteiger partial charge is 0.316 e. The van der Waals surface area contributed by atoms with Gasteiger partial charge in [0.05, 0.1) is 0 Å². The van der Waals surface area contributed by atoms with E-state index in [1.54, 1.807) is 0 Å². The van der Waals surface area contributed by atoms with Crippen LogP contribution < -0.4 is 5.32 Å². The lowest BCUT2D eigenvalue weighted by Crippen LogP contribution is -2.38. The van der Waals surface area contributed by atoms with Gasteiger partial charge in [0, 0.05) is 6.54 Å². The lowest BCUT2D eigenvalue weighted by molar-refractivity contribution is 0.156. The molecule has 1 aliphatic rings. The van der Waals surface area contributed by atoms with E-state index in [2.05, 4.69) is 39.9 Å². The Morgan fingerprint density at radius 2 is 1.71 bits per heavy atom. The summed E-state index contributed by atoms with van der Waals surface area (Å²) in [5, 5.41) is 3.68. The van der Waals surface area contributed by atoms with E-state index < -0.39 is 0 Å². The molecule has 0 aromatic rings. The molecular weight excluding hydrogens is 206 g/mol. The van der Waals surface area contributed by atoms with Crippen molar-refractivity contribution < 1.29 is 0 Å². The van der Waals surface area contributed by atoms with Crippen molar-refractivity contribution in [3.05, 3.63) is 0 Å². The average Bonchev–Trinajstić information content (AvgIpc) is 2.69. The van der Waals surface area contributed by atoms with Gasteiger partial charge in [-0.05, 0) is 36.1 Å². The first-order valence-electron chi connectivity index (χ1n) is 7.65. The van der Waals surface area contributed by atoms with Gasteiger partial charge in [-0.25, -0.2) is 0 Å². The second kappa shape index (κ2) is 6.78. The normalized spacial score (nSPS) is 21.4. The van der Waals surface area contributed by atoms with E-state index in [4.69, 9.17) is 0 Å². The van der Waals surface area contributed by atoms with Crippen LogP contribution in [0.15, 0.2) is 0 Å². The topological polar surface area (TPSA) is 12.0 Å². The highest BCUT2D eigenvalue weighted by molar-refractivity contribution is 4.84. The van der Waals surface area contributed by atoms with Crippen LogP contribution in [-0.2, 0) is 0 Å². The highest BCUT2D eigenvalue weighted by Gasteiger charge is 2.32. The van der Waals surface area contributed by atoms with Gasteiger partial charge in [-0.1, -0.05) is 60.3 Å². The Morgan fingerprint density at radius 1 is 1.12 bits per heavy atom. The van der Waals surface area contributed by atoms with Gasteiger partial charge < -0.3 is 5.32 Å². The Balaban J connectivity index is 2.42. The highest BCUT2D eigenvalue weighted by Crippen LogP contribution is 2.39. The summed E-state index contributed by atoms with van der Waals surface area (Å²) >= 11 is 0. The van der Waals surface area contributed by atoms with Crippen LogP contribution in [0.25, 0.3) is 0 Å². The maximum Gasteiger partial charge on any atom is 0.000782 e. The third-order valence-corrected chi connectivity index (χ3v) is 4.71. The summed E-state index contributed by atoms with van der Waals surface area (Å²) in [6, 6.07) is 0. The van der Waals surface area contributed by atoms with E-state index in [0.717, 1.165) is 24.3 Å². The van der Waals surface area contributed by atoms with Crippen LogP contribution in [-0.4, -0.2) is 13.1 Å². The Bertz CT molecular complexity index is 204. The summed E-state index contributed by atoms with van der Waals surface area (Å²) in [6.07, 6.45) is 7.32. The molecule has 0 radical (unpaired) electrons. The molecule has 102 valence electrons. The van der Waals surface area contributed by atoms with E-state index in [1.165, 1.54) is 38.6 Å². The molecule has 0 amide bonds. The van der Waals surface area contributed by atoms with Crippen LogP contribution in [0.5, 0.6) is 0 Å². The van der Waals surface area contributed by atoms with Gasteiger partial charge >= 0.3 is 0 Å². The fourth-order valence-corrected chi connectivity index (χ4v) is 3.03. The summed E-state index contributed by atoms with van der Waals surface area (Å²) in [6.45, 7) is 14.2. The minimum absolute atomic E-state index is 0.490. The number of hydrogen-bond donors (Lipinski definition) is 1. The van der Waals surface area contributed by atoms with Crippen LogP contribution in [0, 0.1) is 23.2 Å². The Hall–Kier alpha value is -0.0400. The molecule has 0 spiro atoms. The van der Waals surface area contributed by atoms with Gasteiger partial charge in [0.2, 0.25) is 0 Å². The highest BCUT2D eigenvalue weighted by atomic mass is 14.9. The first-order chi connectivity index (χ1) is 7.94. The second-order valence-electron chi connectivity index (χ2n) is 7.19. The molecule has 1 rings (SSSR count). The third kappa shape index (κ3) is 4.99. The quantitative estimate of drug-likeness (QED) is 0.691. The minimum atomic E-state index is 0.490. The first-order valence-corrected chi connectivity index (χ1v) is 7.65. The van der Waals surface area contributed by atoms with E-state index in [0.29, 0.717) is 5.41 Å². The van der Waals surface area contributed by atoms with Crippen LogP contribution in [0.4, 0.5) is 0 Å². The van der Waals surface area contributed by atoms with Gasteiger partial charge in [-0.3, -0.25) is 0 Å². The van der Waals surface area contributed by atoms with Gasteiger partial charge in [0.25, 0.3) is 0 Å². The molecule has 0 saturated heterocycles. The van der Waals surface area contributed by atoms with Crippen LogP contribution in [0.3, 0.4) is 0 Å². The smallest absolute Gasteiger partial charge is 0.000782 e. The van der Waals surface area contributed by atoms with E-state index in [-0.39, 0.29) is 0 Å². The van der Waals surface area contributed by atoms with Crippen molar-refractivity contribution in [2.45, 2.75) is 66.7 Å². The zero-order chi connectivity index (χ0) is 12.9. The van der Waals surface area contributed by atoms with Crippen LogP contribution >= 0.6 is 0 Å². The number of nitrogens with one attached hydrogen (secondary N) is 1. The van der Waals surface area contributed by atoms with Crippen molar-refractivity contribution >= 4 is 0 Å². The molecule has 1 unspecified atom stereocenters. The summed E-state index contributed by atoms with van der Waals surface area (Å²) < 4.78 is 0. The van der Waals surface area contributed by atoms with Crippen LogP contribution in [0.1, 0.15) is 66.7 Å². The molecule has 0 heterocycles. The van der Waals surface area contributed by atoms with Crippen molar-refractivity contribution in [1.29, 1.82) is 0 Å². The van der Waals surface area contributed by atoms with Gasteiger partial charge in [-0.15, -0.1) is 0 Å². The fraction of sp³-hybridized carbons (Fsp3) is 1.00. The average molecular weight is 239 g/mol. The predicted molar refractivity (Wildman–Crippen MR) is 77.2 cm³/mol. The Kier molecular flexibility index (Phi) is 5.99. The molecule has 1 N–H and O–H groups in total. The lowest BCUT2D eigenvalue weighted by Gasteiger charge is -2.37. The van der Waals surface area contributed by atoms with Crippen molar-refractivity contribution in [2.75, 3.05) is 13.1 Å². The molecule has 0 aliphatic heterocycles. The monoisotopic (exact) mass is 239 g/mol. The number of rotatable bonds is 7. The van der Waals surface area contributed by atoms with Gasteiger partial charge in [0.1, 0.15) is 0 Å². The summed E-state index contributed by atoms with van der Waals surface area (Å²) in [5.41, 5.74) is 0.490. The molecule has 1 atom stereocenters. The molecule has 1 nitrogen and oxygen atoms in total. The summed E-state index contributed by atoms with van der Waals surface area (Å²) in [7, 11) is 0. The molecule has 0 bridgehead atoms. The molecule has 1 saturated carbocycles. The zero-order valence-electron chi connectivity index (χ0n) is 12.7. The molecular formula is C16H33N. The lowest BCUT2D eigenvalue weighted by atomic mass is 9.72. The molecule has 17 heavy (non-hydrogen) atoms. The van der Waals surface area contributed by atoms with Gasteiger partial charge in [-0.2, -0.15) is 0 Å². The zero-order valence-corrected chi connectivity index (χ0v) is 12.7. The predicted octanol–water partition coefficient (Wildman–Crippen LogP) is 4.47. The third-order valence-electron chi connectivity index (χ3n) is 4.71. The molecule has 0 aromatic carbocycles. The second-order valence-corrected chi connectivity index (χ2v) is 7.19. The maximum atomic E-state index is 3.68. The SMILES string of the molecule is CC(C)CNCC(C)(CC1CCCC1)C(C)C. The van der Waals surface area contributed by atoms with E-state index in [9.17, 15) is 0 Å². The van der Waals surface area contributed by atoms with E-state index in [1.807, 2.05) is 0 Å². The van der Waals surface area contributed by atoms with Crippen molar-refractivity contribution in [3.63, 3.8) is 0 Å². The Labute approximate surface area is 109 Å². The summed E-state index contributed by atoms with van der Waals surface area (Å²) in [4.78, 5) is 0. The van der Waals surface area contributed by atoms with Crippen molar-refractivity contribution in [2.24, 2.45) is 23.2 Å². The van der Waals surface area contributed by atoms with Crippen molar-refractivity contribution in [3.8, 4) is 0 Å². The molecule has 1 heteroatoms. The molecule has 0 aromatic heterocycles. The van der Waals surface area contributed by atoms with E-state index >= 15 is 0 Å². The Morgan fingerprint density at radius 3 is 2.18 bits per heavy atom. The minimum Gasteiger partial charge on any atom is -0.316 e. The summed E-state index contributed by atoms with van der Waals surface area (Å²) in [5.74, 6) is 2.55. The van der Waals surface area contributed by atoms with Gasteiger partial charge in [0.15, 0.2) is 0 Å². The standard InChI is InChI=1S/C16H33N/c1-13(2)11-17-12-16(5,14(3)4)10-15-8-6-7-9-15/h13-15,17H,6-12H2,1-5H3. The maximum absolute atomic E-state index is 3.68. The molecule has 1 fully saturated rings. The van der Waals surface area contributed by atoms with Crippen LogP contribution in [0.2, 0.25) is 0 Å².